The molecule has 174 valence electrons. The predicted octanol–water partition coefficient (Wildman–Crippen LogP) is 5.25. The van der Waals surface area contributed by atoms with E-state index in [1.54, 1.807) is 37.8 Å². The van der Waals surface area contributed by atoms with Gasteiger partial charge in [0, 0.05) is 11.9 Å². The van der Waals surface area contributed by atoms with Crippen LogP contribution in [-0.2, 0) is 0 Å². The second-order valence-electron chi connectivity index (χ2n) is 7.99. The second kappa shape index (κ2) is 9.64. The molecule has 5 aromatic rings. The van der Waals surface area contributed by atoms with E-state index in [1.807, 2.05) is 53.1 Å². The minimum absolute atomic E-state index is 0.0559. The summed E-state index contributed by atoms with van der Waals surface area (Å²) in [5, 5.41) is 6.27. The minimum Gasteiger partial charge on any atom is -0.496 e. The van der Waals surface area contributed by atoms with Crippen molar-refractivity contribution < 1.29 is 9.53 Å². The molecule has 0 radical (unpaired) electrons. The summed E-state index contributed by atoms with van der Waals surface area (Å²) < 4.78 is 7.18. The largest absolute Gasteiger partial charge is 0.496 e. The smallest absolute Gasteiger partial charge is 0.259 e. The van der Waals surface area contributed by atoms with E-state index in [2.05, 4.69) is 44.6 Å². The Morgan fingerprint density at radius 3 is 2.60 bits per heavy atom. The van der Waals surface area contributed by atoms with Gasteiger partial charge in [-0.05, 0) is 48.9 Å². The number of ether oxygens (including phenoxy) is 1. The van der Waals surface area contributed by atoms with Crippen LogP contribution < -0.4 is 15.4 Å². The first kappa shape index (κ1) is 22.1. The van der Waals surface area contributed by atoms with Gasteiger partial charge in [0.05, 0.1) is 29.7 Å². The molecule has 1 atom stereocenters. The van der Waals surface area contributed by atoms with Crippen LogP contribution in [0.15, 0.2) is 91.4 Å². The Hall–Kier alpha value is -4.72. The molecule has 0 fully saturated rings. The van der Waals surface area contributed by atoms with Crippen LogP contribution in [-0.4, -0.2) is 32.5 Å². The van der Waals surface area contributed by atoms with E-state index in [-0.39, 0.29) is 11.9 Å². The number of anilines is 2. The maximum absolute atomic E-state index is 12.7. The summed E-state index contributed by atoms with van der Waals surface area (Å²) in [5.74, 6) is 1.49. The van der Waals surface area contributed by atoms with Gasteiger partial charge in [0.2, 0.25) is 5.95 Å². The van der Waals surface area contributed by atoms with E-state index in [4.69, 9.17) is 4.74 Å². The number of rotatable bonds is 7. The molecule has 0 spiro atoms. The summed E-state index contributed by atoms with van der Waals surface area (Å²) in [6.45, 7) is 2.07. The molecule has 35 heavy (non-hydrogen) atoms. The summed E-state index contributed by atoms with van der Waals surface area (Å²) in [5.41, 5.74) is 3.85. The fraction of sp³-hybridized carbons (Fsp3) is 0.111. The first-order valence-corrected chi connectivity index (χ1v) is 11.2. The first-order chi connectivity index (χ1) is 17.1. The number of hydrogen-bond acceptors (Lipinski definition) is 6. The highest BCUT2D eigenvalue weighted by atomic mass is 16.5. The summed E-state index contributed by atoms with van der Waals surface area (Å²) in [4.78, 5) is 26.3. The van der Waals surface area contributed by atoms with E-state index in [0.717, 1.165) is 16.6 Å². The molecule has 1 amide bonds. The molecule has 8 heteroatoms. The minimum atomic E-state index is -0.250. The SMILES string of the molecule is COc1ccccc1C(=O)Nc1ccc2c(c1)ncn2-c1ccnc(N[C@@H](C)c2ccccc2)n1. The molecule has 5 rings (SSSR count). The highest BCUT2D eigenvalue weighted by Crippen LogP contribution is 2.24. The fourth-order valence-corrected chi connectivity index (χ4v) is 3.88. The zero-order chi connectivity index (χ0) is 24.2. The van der Waals surface area contributed by atoms with Gasteiger partial charge in [-0.3, -0.25) is 9.36 Å². The van der Waals surface area contributed by atoms with Crippen LogP contribution in [0.4, 0.5) is 11.6 Å². The maximum atomic E-state index is 12.7. The number of aromatic nitrogens is 4. The molecule has 0 saturated carbocycles. The van der Waals surface area contributed by atoms with Crippen molar-refractivity contribution in [1.29, 1.82) is 0 Å². The molecule has 0 bridgehead atoms. The van der Waals surface area contributed by atoms with Gasteiger partial charge in [0.25, 0.3) is 5.91 Å². The van der Waals surface area contributed by atoms with Crippen molar-refractivity contribution in [3.05, 3.63) is 103 Å². The Balaban J connectivity index is 1.37. The Morgan fingerprint density at radius 1 is 0.971 bits per heavy atom. The average Bonchev–Trinajstić information content (AvgIpc) is 3.32. The van der Waals surface area contributed by atoms with Gasteiger partial charge < -0.3 is 15.4 Å². The molecular weight excluding hydrogens is 440 g/mol. The lowest BCUT2D eigenvalue weighted by Gasteiger charge is -2.14. The maximum Gasteiger partial charge on any atom is 0.259 e. The van der Waals surface area contributed by atoms with Crippen molar-refractivity contribution in [2.45, 2.75) is 13.0 Å². The molecule has 0 aliphatic rings. The summed E-state index contributed by atoms with van der Waals surface area (Å²) in [7, 11) is 1.54. The van der Waals surface area contributed by atoms with Crippen molar-refractivity contribution >= 4 is 28.6 Å². The molecule has 8 nitrogen and oxygen atoms in total. The van der Waals surface area contributed by atoms with E-state index < -0.39 is 0 Å². The Labute approximate surface area is 202 Å². The average molecular weight is 465 g/mol. The molecule has 0 unspecified atom stereocenters. The third-order valence-corrected chi connectivity index (χ3v) is 5.69. The number of amides is 1. The molecule has 2 aromatic heterocycles. The van der Waals surface area contributed by atoms with Crippen LogP contribution >= 0.6 is 0 Å². The van der Waals surface area contributed by atoms with Crippen molar-refractivity contribution in [2.75, 3.05) is 17.7 Å². The summed E-state index contributed by atoms with van der Waals surface area (Å²) >= 11 is 0. The van der Waals surface area contributed by atoms with Crippen molar-refractivity contribution in [3.8, 4) is 11.6 Å². The number of para-hydroxylation sites is 1. The lowest BCUT2D eigenvalue weighted by molar-refractivity contribution is 0.102. The van der Waals surface area contributed by atoms with Crippen LogP contribution in [0.25, 0.3) is 16.9 Å². The van der Waals surface area contributed by atoms with Crippen LogP contribution in [0.3, 0.4) is 0 Å². The van der Waals surface area contributed by atoms with Gasteiger partial charge in [-0.25, -0.2) is 9.97 Å². The van der Waals surface area contributed by atoms with Gasteiger partial charge >= 0.3 is 0 Å². The van der Waals surface area contributed by atoms with E-state index in [0.29, 0.717) is 28.8 Å². The first-order valence-electron chi connectivity index (χ1n) is 11.2. The number of fused-ring (bicyclic) bond motifs is 1. The summed E-state index contributed by atoms with van der Waals surface area (Å²) in [6, 6.07) is 24.7. The number of imidazole rings is 1. The topological polar surface area (TPSA) is 94.0 Å². The van der Waals surface area contributed by atoms with Gasteiger partial charge in [-0.1, -0.05) is 42.5 Å². The van der Waals surface area contributed by atoms with Gasteiger partial charge in [-0.2, -0.15) is 4.98 Å². The van der Waals surface area contributed by atoms with E-state index in [9.17, 15) is 4.79 Å². The second-order valence-corrected chi connectivity index (χ2v) is 7.99. The fourth-order valence-electron chi connectivity index (χ4n) is 3.88. The number of benzene rings is 3. The lowest BCUT2D eigenvalue weighted by atomic mass is 10.1. The van der Waals surface area contributed by atoms with Crippen LogP contribution in [0, 0.1) is 0 Å². The Morgan fingerprint density at radius 2 is 1.77 bits per heavy atom. The van der Waals surface area contributed by atoms with Crippen LogP contribution in [0.1, 0.15) is 28.9 Å². The van der Waals surface area contributed by atoms with Crippen molar-refractivity contribution in [2.24, 2.45) is 0 Å². The third-order valence-electron chi connectivity index (χ3n) is 5.69. The van der Waals surface area contributed by atoms with Gasteiger partial charge in [0.1, 0.15) is 17.9 Å². The highest BCUT2D eigenvalue weighted by molar-refractivity contribution is 6.06. The lowest BCUT2D eigenvalue weighted by Crippen LogP contribution is -2.13. The Bertz CT molecular complexity index is 1480. The van der Waals surface area contributed by atoms with E-state index >= 15 is 0 Å². The molecule has 0 saturated heterocycles. The zero-order valence-corrected chi connectivity index (χ0v) is 19.3. The highest BCUT2D eigenvalue weighted by Gasteiger charge is 2.14. The zero-order valence-electron chi connectivity index (χ0n) is 19.3. The summed E-state index contributed by atoms with van der Waals surface area (Å²) in [6.07, 6.45) is 3.43. The van der Waals surface area contributed by atoms with Crippen molar-refractivity contribution in [3.63, 3.8) is 0 Å². The number of methoxy groups -OCH3 is 1. The van der Waals surface area contributed by atoms with Gasteiger partial charge in [0.15, 0.2) is 0 Å². The molecule has 2 heterocycles. The van der Waals surface area contributed by atoms with Crippen LogP contribution in [0.5, 0.6) is 5.75 Å². The van der Waals surface area contributed by atoms with Crippen LogP contribution in [0.2, 0.25) is 0 Å². The predicted molar refractivity (Wildman–Crippen MR) is 136 cm³/mol. The van der Waals surface area contributed by atoms with E-state index in [1.165, 1.54) is 0 Å². The number of hydrogen-bond donors (Lipinski definition) is 2. The molecule has 2 N–H and O–H groups in total. The Kier molecular flexibility index (Phi) is 6.09. The number of carbonyl (C=O) groups excluding carboxylic acids is 1. The standard InChI is InChI=1S/C27H24N6O2/c1-18(19-8-4-3-5-9-19)30-27-28-15-14-25(32-27)33-17-29-22-16-20(12-13-23(22)33)31-26(34)21-10-6-7-11-24(21)35-2/h3-18H,1-2H3,(H,31,34)(H,28,30,32)/t18-/m0/s1. The van der Waals surface area contributed by atoms with Crippen molar-refractivity contribution in [1.82, 2.24) is 19.5 Å². The number of carbonyl (C=O) groups is 1. The molecule has 0 aliphatic carbocycles. The molecule has 0 aliphatic heterocycles. The van der Waals surface area contributed by atoms with Gasteiger partial charge in [-0.15, -0.1) is 0 Å². The third kappa shape index (κ3) is 4.67. The number of nitrogens with zero attached hydrogens (tertiary/aromatic N) is 4. The quantitative estimate of drug-likeness (QED) is 0.342. The molecule has 3 aromatic carbocycles. The molecular formula is C27H24N6O2. The monoisotopic (exact) mass is 464 g/mol. The normalized spacial score (nSPS) is 11.7. The number of nitrogens with one attached hydrogen (secondary N) is 2.